The van der Waals surface area contributed by atoms with Crippen LogP contribution in [-0.2, 0) is 16.1 Å². The molecule has 2 heterocycles. The van der Waals surface area contributed by atoms with Crippen LogP contribution in [0.3, 0.4) is 0 Å². The summed E-state index contributed by atoms with van der Waals surface area (Å²) < 4.78 is 2.12. The van der Waals surface area contributed by atoms with Gasteiger partial charge in [-0.3, -0.25) is 9.59 Å². The smallest absolute Gasteiger partial charge is 0.229 e. The monoisotopic (exact) mass is 340 g/mol. The number of anilines is 1. The van der Waals surface area contributed by atoms with Gasteiger partial charge in [0, 0.05) is 50.6 Å². The summed E-state index contributed by atoms with van der Waals surface area (Å²) in [5, 5.41) is 2.94. The third-order valence-corrected chi connectivity index (χ3v) is 4.52. The highest BCUT2D eigenvalue weighted by atomic mass is 16.2. The molecular weight excluding hydrogens is 316 g/mol. The Labute approximate surface area is 147 Å². The molecule has 6 nitrogen and oxygen atoms in total. The molecule has 2 amide bonds. The van der Waals surface area contributed by atoms with Crippen LogP contribution in [0.15, 0.2) is 36.7 Å². The van der Waals surface area contributed by atoms with Gasteiger partial charge in [-0.05, 0) is 17.7 Å². The molecule has 0 aliphatic carbocycles. The van der Waals surface area contributed by atoms with Crippen molar-refractivity contribution in [1.82, 2.24) is 14.5 Å². The number of nitrogens with zero attached hydrogens (tertiary/aromatic N) is 3. The number of hydrogen-bond acceptors (Lipinski definition) is 3. The number of hydrogen-bond donors (Lipinski definition) is 1. The number of likely N-dealkylation sites (tertiary alicyclic amines) is 1. The highest BCUT2D eigenvalue weighted by Gasteiger charge is 2.32. The number of rotatable bonds is 5. The van der Waals surface area contributed by atoms with Gasteiger partial charge in [0.25, 0.3) is 0 Å². The molecule has 2 aromatic rings. The molecule has 25 heavy (non-hydrogen) atoms. The summed E-state index contributed by atoms with van der Waals surface area (Å²) in [4.78, 5) is 30.0. The van der Waals surface area contributed by atoms with Crippen LogP contribution in [0, 0.1) is 5.92 Å². The lowest BCUT2D eigenvalue weighted by molar-refractivity contribution is -0.127. The first-order valence-electron chi connectivity index (χ1n) is 8.59. The van der Waals surface area contributed by atoms with Crippen LogP contribution < -0.4 is 5.32 Å². The van der Waals surface area contributed by atoms with E-state index in [0.717, 1.165) is 17.1 Å². The Morgan fingerprint density at radius 1 is 1.40 bits per heavy atom. The first-order valence-corrected chi connectivity index (χ1v) is 8.59. The Morgan fingerprint density at radius 3 is 2.88 bits per heavy atom. The third-order valence-electron chi connectivity index (χ3n) is 4.52. The first kappa shape index (κ1) is 17.2. The molecule has 1 fully saturated rings. The average Bonchev–Trinajstić information content (AvgIpc) is 3.15. The largest absolute Gasteiger partial charge is 0.345 e. The van der Waals surface area contributed by atoms with Crippen LogP contribution in [-0.4, -0.2) is 39.9 Å². The molecule has 1 aromatic heterocycles. The zero-order chi connectivity index (χ0) is 18.0. The van der Waals surface area contributed by atoms with E-state index in [9.17, 15) is 9.59 Å². The zero-order valence-corrected chi connectivity index (χ0v) is 14.9. The maximum Gasteiger partial charge on any atom is 0.229 e. The van der Waals surface area contributed by atoms with Gasteiger partial charge in [0.1, 0.15) is 5.82 Å². The summed E-state index contributed by atoms with van der Waals surface area (Å²) in [5.74, 6) is 1.05. The Hall–Kier alpha value is -2.63. The van der Waals surface area contributed by atoms with Crippen LogP contribution >= 0.6 is 0 Å². The predicted octanol–water partition coefficient (Wildman–Crippen LogP) is 2.47. The number of aromatic nitrogens is 2. The van der Waals surface area contributed by atoms with Crippen LogP contribution in [0.2, 0.25) is 0 Å². The summed E-state index contributed by atoms with van der Waals surface area (Å²) in [6, 6.07) is 7.82. The summed E-state index contributed by atoms with van der Waals surface area (Å²) in [5.41, 5.74) is 1.85. The molecule has 1 atom stereocenters. The van der Waals surface area contributed by atoms with E-state index in [1.165, 1.54) is 0 Å². The molecule has 0 saturated carbocycles. The zero-order valence-electron chi connectivity index (χ0n) is 14.9. The second kappa shape index (κ2) is 7.09. The van der Waals surface area contributed by atoms with Crippen LogP contribution in [0.4, 0.5) is 5.69 Å². The molecule has 0 radical (unpaired) electrons. The maximum absolute atomic E-state index is 12.4. The van der Waals surface area contributed by atoms with Gasteiger partial charge in [-0.25, -0.2) is 4.98 Å². The van der Waals surface area contributed by atoms with Gasteiger partial charge in [-0.15, -0.1) is 0 Å². The molecule has 1 unspecified atom stereocenters. The number of amides is 2. The number of nitrogens with one attached hydrogen (secondary N) is 1. The van der Waals surface area contributed by atoms with E-state index in [4.69, 9.17) is 0 Å². The van der Waals surface area contributed by atoms with E-state index in [2.05, 4.69) is 28.7 Å². The van der Waals surface area contributed by atoms with Crippen molar-refractivity contribution in [2.75, 3.05) is 18.9 Å². The summed E-state index contributed by atoms with van der Waals surface area (Å²) >= 11 is 0. The van der Waals surface area contributed by atoms with Crippen molar-refractivity contribution in [2.45, 2.75) is 32.7 Å². The van der Waals surface area contributed by atoms with Gasteiger partial charge in [-0.1, -0.05) is 26.0 Å². The standard InChI is InChI=1S/C19H24N4O2/c1-13(2)18-20-7-8-23(18)11-14-5-4-6-16(9-14)21-19(25)15-10-17(24)22(3)12-15/h4-9,13,15H,10-12H2,1-3H3,(H,21,25). The van der Waals surface area contributed by atoms with E-state index >= 15 is 0 Å². The molecule has 6 heteroatoms. The second-order valence-corrected chi connectivity index (χ2v) is 6.93. The van der Waals surface area contributed by atoms with Gasteiger partial charge >= 0.3 is 0 Å². The highest BCUT2D eigenvalue weighted by Crippen LogP contribution is 2.20. The van der Waals surface area contributed by atoms with Crippen molar-refractivity contribution in [1.29, 1.82) is 0 Å². The van der Waals surface area contributed by atoms with E-state index in [1.807, 2.05) is 36.7 Å². The summed E-state index contributed by atoms with van der Waals surface area (Å²) in [6.45, 7) is 5.43. The summed E-state index contributed by atoms with van der Waals surface area (Å²) in [7, 11) is 1.73. The maximum atomic E-state index is 12.4. The first-order chi connectivity index (χ1) is 11.9. The van der Waals surface area contributed by atoms with Crippen molar-refractivity contribution in [3.8, 4) is 0 Å². The summed E-state index contributed by atoms with van der Waals surface area (Å²) in [6.07, 6.45) is 4.07. The minimum atomic E-state index is -0.276. The molecule has 1 N–H and O–H groups in total. The molecule has 1 aliphatic rings. The number of benzene rings is 1. The number of imidazole rings is 1. The molecular formula is C19H24N4O2. The van der Waals surface area contributed by atoms with Crippen molar-refractivity contribution in [2.24, 2.45) is 5.92 Å². The Kier molecular flexibility index (Phi) is 4.88. The van der Waals surface area contributed by atoms with Crippen molar-refractivity contribution in [3.05, 3.63) is 48.0 Å². The SMILES string of the molecule is CC(C)c1nccn1Cc1cccc(NC(=O)C2CC(=O)N(C)C2)c1. The van der Waals surface area contributed by atoms with Crippen molar-refractivity contribution < 1.29 is 9.59 Å². The van der Waals surface area contributed by atoms with Gasteiger partial charge < -0.3 is 14.8 Å². The van der Waals surface area contributed by atoms with E-state index in [-0.39, 0.29) is 24.2 Å². The van der Waals surface area contributed by atoms with Crippen molar-refractivity contribution >= 4 is 17.5 Å². The van der Waals surface area contributed by atoms with Gasteiger partial charge in [0.05, 0.1) is 5.92 Å². The fourth-order valence-corrected chi connectivity index (χ4v) is 3.18. The Balaban J connectivity index is 1.68. The fourth-order valence-electron chi connectivity index (χ4n) is 3.18. The average molecular weight is 340 g/mol. The lowest BCUT2D eigenvalue weighted by Gasteiger charge is -2.13. The van der Waals surface area contributed by atoms with Gasteiger partial charge in [0.2, 0.25) is 11.8 Å². The minimum absolute atomic E-state index is 0.0234. The number of carbonyl (C=O) groups excluding carboxylic acids is 2. The topological polar surface area (TPSA) is 67.2 Å². The second-order valence-electron chi connectivity index (χ2n) is 6.93. The quantitative estimate of drug-likeness (QED) is 0.909. The third kappa shape index (κ3) is 3.90. The molecule has 1 aromatic carbocycles. The van der Waals surface area contributed by atoms with E-state index in [0.29, 0.717) is 19.0 Å². The van der Waals surface area contributed by atoms with E-state index in [1.54, 1.807) is 11.9 Å². The number of carbonyl (C=O) groups is 2. The predicted molar refractivity (Wildman–Crippen MR) is 96.2 cm³/mol. The van der Waals surface area contributed by atoms with Crippen LogP contribution in [0.25, 0.3) is 0 Å². The lowest BCUT2D eigenvalue weighted by Crippen LogP contribution is -2.25. The Morgan fingerprint density at radius 2 is 2.20 bits per heavy atom. The molecule has 0 bridgehead atoms. The molecule has 132 valence electrons. The fraction of sp³-hybridized carbons (Fsp3) is 0.421. The highest BCUT2D eigenvalue weighted by molar-refractivity contribution is 5.97. The molecule has 0 spiro atoms. The molecule has 1 saturated heterocycles. The Bertz CT molecular complexity index is 781. The molecule has 1 aliphatic heterocycles. The lowest BCUT2D eigenvalue weighted by atomic mass is 10.1. The van der Waals surface area contributed by atoms with Crippen molar-refractivity contribution in [3.63, 3.8) is 0 Å². The van der Waals surface area contributed by atoms with Gasteiger partial charge in [-0.2, -0.15) is 0 Å². The minimum Gasteiger partial charge on any atom is -0.345 e. The van der Waals surface area contributed by atoms with Crippen LogP contribution in [0.1, 0.15) is 37.6 Å². The molecule has 3 rings (SSSR count). The van der Waals surface area contributed by atoms with Gasteiger partial charge in [0.15, 0.2) is 0 Å². The van der Waals surface area contributed by atoms with Crippen LogP contribution in [0.5, 0.6) is 0 Å². The van der Waals surface area contributed by atoms with E-state index < -0.39 is 0 Å². The normalized spacial score (nSPS) is 17.4.